The third kappa shape index (κ3) is 2.33. The zero-order chi connectivity index (χ0) is 11.5. The summed E-state index contributed by atoms with van der Waals surface area (Å²) in [6.45, 7) is 6.55. The number of carbonyl (C=O) groups excluding carboxylic acids is 1. The van der Waals surface area contributed by atoms with Gasteiger partial charge in [-0.1, -0.05) is 19.8 Å². The molecule has 0 spiro atoms. The number of piperidine rings is 1. The summed E-state index contributed by atoms with van der Waals surface area (Å²) in [6.07, 6.45) is 5.14. The molecule has 2 fully saturated rings. The van der Waals surface area contributed by atoms with Crippen molar-refractivity contribution in [2.45, 2.75) is 39.5 Å². The maximum Gasteiger partial charge on any atom is 0.409 e. The van der Waals surface area contributed by atoms with Gasteiger partial charge in [0.2, 0.25) is 0 Å². The summed E-state index contributed by atoms with van der Waals surface area (Å²) in [6, 6.07) is 0. The molecule has 2 unspecified atom stereocenters. The minimum atomic E-state index is -0.105. The number of carbonyl (C=O) groups is 1. The highest BCUT2D eigenvalue weighted by molar-refractivity contribution is 5.67. The Kier molecular flexibility index (Phi) is 3.72. The lowest BCUT2D eigenvalue weighted by Gasteiger charge is -2.40. The third-order valence-corrected chi connectivity index (χ3v) is 4.32. The van der Waals surface area contributed by atoms with Gasteiger partial charge >= 0.3 is 6.09 Å². The van der Waals surface area contributed by atoms with E-state index in [0.29, 0.717) is 18.4 Å². The van der Waals surface area contributed by atoms with Crippen LogP contribution in [-0.2, 0) is 4.74 Å². The molecule has 1 heterocycles. The van der Waals surface area contributed by atoms with Crippen LogP contribution < -0.4 is 0 Å². The van der Waals surface area contributed by atoms with Crippen LogP contribution in [0.15, 0.2) is 0 Å². The van der Waals surface area contributed by atoms with Crippen LogP contribution in [0.3, 0.4) is 0 Å². The van der Waals surface area contributed by atoms with E-state index >= 15 is 0 Å². The number of rotatable bonds is 1. The Morgan fingerprint density at radius 2 is 1.81 bits per heavy atom. The molecule has 1 aliphatic heterocycles. The number of amides is 1. The number of nitrogens with zero attached hydrogens (tertiary/aromatic N) is 1. The van der Waals surface area contributed by atoms with E-state index in [1.807, 2.05) is 11.8 Å². The van der Waals surface area contributed by atoms with E-state index in [1.54, 1.807) is 0 Å². The van der Waals surface area contributed by atoms with Gasteiger partial charge in [-0.05, 0) is 37.5 Å². The van der Waals surface area contributed by atoms with Crippen LogP contribution in [-0.4, -0.2) is 30.7 Å². The number of likely N-dealkylation sites (tertiary alicyclic amines) is 1. The summed E-state index contributed by atoms with van der Waals surface area (Å²) in [7, 11) is 0. The maximum atomic E-state index is 11.8. The number of hydrogen-bond donors (Lipinski definition) is 0. The Labute approximate surface area is 98.1 Å². The summed E-state index contributed by atoms with van der Waals surface area (Å²) in [5, 5.41) is 0. The van der Waals surface area contributed by atoms with Gasteiger partial charge in [-0.25, -0.2) is 4.79 Å². The lowest BCUT2D eigenvalue weighted by Crippen LogP contribution is -2.47. The number of fused-ring (bicyclic) bond motifs is 2. The summed E-state index contributed by atoms with van der Waals surface area (Å²) < 4.78 is 5.11. The average molecular weight is 225 g/mol. The van der Waals surface area contributed by atoms with Crippen LogP contribution >= 0.6 is 0 Å². The lowest BCUT2D eigenvalue weighted by atomic mass is 9.78. The molecule has 3 nitrogen and oxygen atoms in total. The van der Waals surface area contributed by atoms with Gasteiger partial charge in [0, 0.05) is 13.1 Å². The Morgan fingerprint density at radius 1 is 1.25 bits per heavy atom. The van der Waals surface area contributed by atoms with Crippen molar-refractivity contribution in [1.82, 2.24) is 4.90 Å². The van der Waals surface area contributed by atoms with E-state index in [-0.39, 0.29) is 6.09 Å². The second kappa shape index (κ2) is 5.07. The normalized spacial score (nSPS) is 34.4. The zero-order valence-corrected chi connectivity index (χ0v) is 10.4. The molecular formula is C13H23NO2. The van der Waals surface area contributed by atoms with Crippen molar-refractivity contribution in [3.8, 4) is 0 Å². The van der Waals surface area contributed by atoms with Gasteiger partial charge < -0.3 is 9.64 Å². The van der Waals surface area contributed by atoms with Crippen molar-refractivity contribution in [1.29, 1.82) is 0 Å². The first kappa shape index (κ1) is 11.7. The SMILES string of the molecule is CCOC(=O)N1CC2CCCCC(C1)C2C. The van der Waals surface area contributed by atoms with Crippen molar-refractivity contribution < 1.29 is 9.53 Å². The zero-order valence-electron chi connectivity index (χ0n) is 10.4. The first-order valence-corrected chi connectivity index (χ1v) is 6.64. The monoisotopic (exact) mass is 225 g/mol. The Morgan fingerprint density at radius 3 is 2.31 bits per heavy atom. The summed E-state index contributed by atoms with van der Waals surface area (Å²) in [4.78, 5) is 13.7. The predicted molar refractivity (Wildman–Crippen MR) is 63.2 cm³/mol. The fourth-order valence-corrected chi connectivity index (χ4v) is 3.24. The molecule has 0 aromatic heterocycles. The van der Waals surface area contributed by atoms with Crippen LogP contribution in [0.2, 0.25) is 0 Å². The molecule has 1 aliphatic carbocycles. The lowest BCUT2D eigenvalue weighted by molar-refractivity contribution is 0.0495. The van der Waals surface area contributed by atoms with Gasteiger partial charge in [-0.3, -0.25) is 0 Å². The fourth-order valence-electron chi connectivity index (χ4n) is 3.24. The van der Waals surface area contributed by atoms with Crippen LogP contribution in [0, 0.1) is 17.8 Å². The van der Waals surface area contributed by atoms with Crippen molar-refractivity contribution in [2.24, 2.45) is 17.8 Å². The van der Waals surface area contributed by atoms with Crippen molar-refractivity contribution in [3.05, 3.63) is 0 Å². The highest BCUT2D eigenvalue weighted by Gasteiger charge is 2.37. The third-order valence-electron chi connectivity index (χ3n) is 4.32. The largest absolute Gasteiger partial charge is 0.450 e. The quantitative estimate of drug-likeness (QED) is 0.686. The Bertz CT molecular complexity index is 238. The molecule has 1 saturated heterocycles. The second-order valence-electron chi connectivity index (χ2n) is 5.27. The summed E-state index contributed by atoms with van der Waals surface area (Å²) in [5.74, 6) is 2.18. The molecule has 0 radical (unpaired) electrons. The highest BCUT2D eigenvalue weighted by atomic mass is 16.6. The Hall–Kier alpha value is -0.730. The first-order valence-electron chi connectivity index (χ1n) is 6.64. The van der Waals surface area contributed by atoms with E-state index in [4.69, 9.17) is 4.74 Å². The molecule has 3 heteroatoms. The van der Waals surface area contributed by atoms with Gasteiger partial charge in [0.1, 0.15) is 0 Å². The summed E-state index contributed by atoms with van der Waals surface area (Å²) >= 11 is 0. The van der Waals surface area contributed by atoms with E-state index in [1.165, 1.54) is 25.7 Å². The van der Waals surface area contributed by atoms with Crippen LogP contribution in [0.1, 0.15) is 39.5 Å². The molecule has 1 amide bonds. The van der Waals surface area contributed by atoms with Gasteiger partial charge in [0.15, 0.2) is 0 Å². The molecular weight excluding hydrogens is 202 g/mol. The molecule has 0 N–H and O–H groups in total. The van der Waals surface area contributed by atoms with E-state index < -0.39 is 0 Å². The van der Waals surface area contributed by atoms with Gasteiger partial charge in [0.25, 0.3) is 0 Å². The fraction of sp³-hybridized carbons (Fsp3) is 0.923. The standard InChI is InChI=1S/C13H23NO2/c1-3-16-13(15)14-8-11-6-4-5-7-12(9-14)10(11)2/h10-12H,3-9H2,1-2H3. The maximum absolute atomic E-state index is 11.8. The molecule has 1 saturated carbocycles. The van der Waals surface area contributed by atoms with E-state index in [2.05, 4.69) is 6.92 Å². The van der Waals surface area contributed by atoms with Crippen molar-refractivity contribution >= 4 is 6.09 Å². The summed E-state index contributed by atoms with van der Waals surface area (Å²) in [5.41, 5.74) is 0. The number of ether oxygens (including phenoxy) is 1. The predicted octanol–water partition coefficient (Wildman–Crippen LogP) is 2.90. The van der Waals surface area contributed by atoms with Crippen LogP contribution in [0.4, 0.5) is 4.79 Å². The molecule has 16 heavy (non-hydrogen) atoms. The minimum Gasteiger partial charge on any atom is -0.450 e. The highest BCUT2D eigenvalue weighted by Crippen LogP contribution is 2.37. The van der Waals surface area contributed by atoms with E-state index in [0.717, 1.165) is 19.0 Å². The molecule has 92 valence electrons. The van der Waals surface area contributed by atoms with Gasteiger partial charge in [-0.2, -0.15) is 0 Å². The second-order valence-corrected chi connectivity index (χ2v) is 5.27. The van der Waals surface area contributed by atoms with Gasteiger partial charge in [-0.15, -0.1) is 0 Å². The average Bonchev–Trinajstić information content (AvgIpc) is 2.39. The minimum absolute atomic E-state index is 0.105. The molecule has 0 aromatic rings. The van der Waals surface area contributed by atoms with Crippen LogP contribution in [0.5, 0.6) is 0 Å². The molecule has 2 atom stereocenters. The van der Waals surface area contributed by atoms with Crippen molar-refractivity contribution in [2.75, 3.05) is 19.7 Å². The smallest absolute Gasteiger partial charge is 0.409 e. The first-order chi connectivity index (χ1) is 7.72. The van der Waals surface area contributed by atoms with Gasteiger partial charge in [0.05, 0.1) is 6.61 Å². The van der Waals surface area contributed by atoms with Crippen molar-refractivity contribution in [3.63, 3.8) is 0 Å². The molecule has 2 aliphatic rings. The molecule has 2 rings (SSSR count). The molecule has 0 aromatic carbocycles. The van der Waals surface area contributed by atoms with Crippen LogP contribution in [0.25, 0.3) is 0 Å². The molecule has 2 bridgehead atoms. The van der Waals surface area contributed by atoms with E-state index in [9.17, 15) is 4.79 Å². The topological polar surface area (TPSA) is 29.5 Å². The Balaban J connectivity index is 2.02. The number of hydrogen-bond acceptors (Lipinski definition) is 2.